The smallest absolute Gasteiger partial charge is 0.216 e. The number of hydrogen-bond donors (Lipinski definition) is 0. The molecule has 6 nitrogen and oxygen atoms in total. The molecule has 2 aromatic heterocycles. The molecule has 0 aliphatic rings. The summed E-state index contributed by atoms with van der Waals surface area (Å²) in [5.41, 5.74) is 2.40. The molecule has 0 atom stereocenters. The van der Waals surface area contributed by atoms with Crippen molar-refractivity contribution in [2.24, 2.45) is 0 Å². The second kappa shape index (κ2) is 6.29. The topological polar surface area (TPSA) is 62.1 Å². The van der Waals surface area contributed by atoms with Gasteiger partial charge in [0.25, 0.3) is 0 Å². The van der Waals surface area contributed by atoms with Crippen LogP contribution < -0.4 is 4.74 Å². The Morgan fingerprint density at radius 1 is 1.18 bits per heavy atom. The molecule has 3 aromatic rings. The third kappa shape index (κ3) is 2.88. The van der Waals surface area contributed by atoms with Crippen molar-refractivity contribution in [2.75, 3.05) is 20.8 Å². The third-order valence-electron chi connectivity index (χ3n) is 3.27. The standard InChI is InChI=1S/C15H15ClN4O2/c1-21-4-3-20-8-10-5-11(16)6-12(15(10)19-20)13-7-14(22-2)18-9-17-13/h5-9H,3-4H2,1-2H3. The van der Waals surface area contributed by atoms with Crippen molar-refractivity contribution in [3.63, 3.8) is 0 Å². The molecule has 114 valence electrons. The number of fused-ring (bicyclic) bond motifs is 1. The van der Waals surface area contributed by atoms with Crippen molar-refractivity contribution in [3.8, 4) is 17.1 Å². The van der Waals surface area contributed by atoms with Gasteiger partial charge in [0.15, 0.2) is 0 Å². The fourth-order valence-electron chi connectivity index (χ4n) is 2.24. The fourth-order valence-corrected chi connectivity index (χ4v) is 2.47. The molecular formula is C15H15ClN4O2. The molecule has 0 aliphatic heterocycles. The summed E-state index contributed by atoms with van der Waals surface area (Å²) in [6.07, 6.45) is 3.41. The van der Waals surface area contributed by atoms with Crippen LogP contribution >= 0.6 is 11.6 Å². The van der Waals surface area contributed by atoms with Gasteiger partial charge in [-0.1, -0.05) is 11.6 Å². The highest BCUT2D eigenvalue weighted by molar-refractivity contribution is 6.31. The number of aromatic nitrogens is 4. The molecule has 0 saturated heterocycles. The van der Waals surface area contributed by atoms with E-state index in [1.807, 2.05) is 23.0 Å². The Kier molecular flexibility index (Phi) is 4.22. The summed E-state index contributed by atoms with van der Waals surface area (Å²) in [6, 6.07) is 5.49. The number of methoxy groups -OCH3 is 2. The van der Waals surface area contributed by atoms with Gasteiger partial charge in [-0.2, -0.15) is 5.10 Å². The van der Waals surface area contributed by atoms with Crippen LogP contribution in [-0.4, -0.2) is 40.6 Å². The number of ether oxygens (including phenoxy) is 2. The summed E-state index contributed by atoms with van der Waals surface area (Å²) >= 11 is 6.22. The minimum Gasteiger partial charge on any atom is -0.481 e. The zero-order valence-electron chi connectivity index (χ0n) is 12.3. The molecule has 2 heterocycles. The van der Waals surface area contributed by atoms with Gasteiger partial charge in [0.05, 0.1) is 26.0 Å². The Hall–Kier alpha value is -2.18. The predicted molar refractivity (Wildman–Crippen MR) is 84.2 cm³/mol. The molecule has 0 aliphatic carbocycles. The van der Waals surface area contributed by atoms with Crippen LogP contribution in [0.3, 0.4) is 0 Å². The molecule has 7 heteroatoms. The maximum Gasteiger partial charge on any atom is 0.216 e. The normalized spacial score (nSPS) is 11.0. The van der Waals surface area contributed by atoms with Crippen molar-refractivity contribution in [2.45, 2.75) is 6.54 Å². The van der Waals surface area contributed by atoms with Crippen LogP contribution in [-0.2, 0) is 11.3 Å². The maximum atomic E-state index is 6.22. The summed E-state index contributed by atoms with van der Waals surface area (Å²) in [5.74, 6) is 0.497. The van der Waals surface area contributed by atoms with E-state index in [9.17, 15) is 0 Å². The molecule has 0 amide bonds. The second-order valence-electron chi connectivity index (χ2n) is 4.72. The van der Waals surface area contributed by atoms with Crippen LogP contribution in [0.25, 0.3) is 22.2 Å². The van der Waals surface area contributed by atoms with Gasteiger partial charge in [-0.05, 0) is 12.1 Å². The number of benzene rings is 1. The molecule has 0 N–H and O–H groups in total. The van der Waals surface area contributed by atoms with Gasteiger partial charge in [0.2, 0.25) is 5.88 Å². The molecule has 0 radical (unpaired) electrons. The lowest BCUT2D eigenvalue weighted by Crippen LogP contribution is -2.04. The van der Waals surface area contributed by atoms with Crippen LogP contribution in [0, 0.1) is 0 Å². The number of nitrogens with zero attached hydrogens (tertiary/aromatic N) is 4. The number of hydrogen-bond acceptors (Lipinski definition) is 5. The summed E-state index contributed by atoms with van der Waals surface area (Å²) < 4.78 is 12.1. The Morgan fingerprint density at radius 2 is 2.05 bits per heavy atom. The minimum atomic E-state index is 0.497. The van der Waals surface area contributed by atoms with Crippen LogP contribution in [0.5, 0.6) is 5.88 Å². The molecule has 0 saturated carbocycles. The van der Waals surface area contributed by atoms with Gasteiger partial charge in [0.1, 0.15) is 11.8 Å². The van der Waals surface area contributed by atoms with Crippen molar-refractivity contribution < 1.29 is 9.47 Å². The lowest BCUT2D eigenvalue weighted by atomic mass is 10.1. The van der Waals surface area contributed by atoms with Gasteiger partial charge in [0, 0.05) is 35.3 Å². The van der Waals surface area contributed by atoms with E-state index in [0.29, 0.717) is 24.1 Å². The van der Waals surface area contributed by atoms with Crippen molar-refractivity contribution in [1.29, 1.82) is 0 Å². The largest absolute Gasteiger partial charge is 0.481 e. The highest BCUT2D eigenvalue weighted by atomic mass is 35.5. The van der Waals surface area contributed by atoms with Crippen LogP contribution in [0.2, 0.25) is 5.02 Å². The third-order valence-corrected chi connectivity index (χ3v) is 3.49. The first kappa shape index (κ1) is 14.7. The summed E-state index contributed by atoms with van der Waals surface area (Å²) in [5, 5.41) is 6.19. The van der Waals surface area contributed by atoms with Crippen LogP contribution in [0.15, 0.2) is 30.7 Å². The molecule has 3 rings (SSSR count). The second-order valence-corrected chi connectivity index (χ2v) is 5.16. The van der Waals surface area contributed by atoms with Crippen molar-refractivity contribution >= 4 is 22.5 Å². The Morgan fingerprint density at radius 3 is 2.82 bits per heavy atom. The summed E-state index contributed by atoms with van der Waals surface area (Å²) in [7, 11) is 3.23. The van der Waals surface area contributed by atoms with E-state index in [4.69, 9.17) is 21.1 Å². The fraction of sp³-hybridized carbons (Fsp3) is 0.267. The molecule has 0 fully saturated rings. The number of rotatable bonds is 5. The summed E-state index contributed by atoms with van der Waals surface area (Å²) in [6.45, 7) is 1.27. The van der Waals surface area contributed by atoms with E-state index in [0.717, 1.165) is 22.2 Å². The monoisotopic (exact) mass is 318 g/mol. The van der Waals surface area contributed by atoms with Crippen molar-refractivity contribution in [3.05, 3.63) is 35.7 Å². The molecule has 1 aromatic carbocycles. The lowest BCUT2D eigenvalue weighted by molar-refractivity contribution is 0.184. The van der Waals surface area contributed by atoms with Crippen LogP contribution in [0.1, 0.15) is 0 Å². The number of halogens is 1. The first-order valence-electron chi connectivity index (χ1n) is 6.73. The maximum absolute atomic E-state index is 6.22. The van der Waals surface area contributed by atoms with Gasteiger partial charge in [-0.25, -0.2) is 9.97 Å². The highest BCUT2D eigenvalue weighted by Gasteiger charge is 2.12. The molecular weight excluding hydrogens is 304 g/mol. The Labute approximate surface area is 132 Å². The lowest BCUT2D eigenvalue weighted by Gasteiger charge is -2.04. The van der Waals surface area contributed by atoms with Gasteiger partial charge in [-0.15, -0.1) is 0 Å². The zero-order chi connectivity index (χ0) is 15.5. The molecule has 0 spiro atoms. The first-order valence-corrected chi connectivity index (χ1v) is 7.11. The Bertz CT molecular complexity index is 803. The van der Waals surface area contributed by atoms with Crippen molar-refractivity contribution in [1.82, 2.24) is 19.7 Å². The molecule has 0 bridgehead atoms. The highest BCUT2D eigenvalue weighted by Crippen LogP contribution is 2.31. The molecule has 22 heavy (non-hydrogen) atoms. The van der Waals surface area contributed by atoms with E-state index in [1.165, 1.54) is 6.33 Å². The van der Waals surface area contributed by atoms with E-state index < -0.39 is 0 Å². The zero-order valence-corrected chi connectivity index (χ0v) is 13.0. The quantitative estimate of drug-likeness (QED) is 0.724. The SMILES string of the molecule is COCCn1cc2cc(Cl)cc(-c3cc(OC)ncn3)c2n1. The van der Waals surface area contributed by atoms with Gasteiger partial charge in [-0.3, -0.25) is 4.68 Å². The average molecular weight is 319 g/mol. The Balaban J connectivity index is 2.12. The van der Waals surface area contributed by atoms with E-state index in [2.05, 4.69) is 15.1 Å². The predicted octanol–water partition coefficient (Wildman–Crippen LogP) is 2.80. The molecule has 0 unspecified atom stereocenters. The van der Waals surface area contributed by atoms with E-state index in [-0.39, 0.29) is 0 Å². The first-order chi connectivity index (χ1) is 10.7. The van der Waals surface area contributed by atoms with Gasteiger partial charge < -0.3 is 9.47 Å². The average Bonchev–Trinajstić information content (AvgIpc) is 2.94. The van der Waals surface area contributed by atoms with Crippen LogP contribution in [0.4, 0.5) is 0 Å². The van der Waals surface area contributed by atoms with Gasteiger partial charge >= 0.3 is 0 Å². The van der Waals surface area contributed by atoms with E-state index >= 15 is 0 Å². The summed E-state index contributed by atoms with van der Waals surface area (Å²) in [4.78, 5) is 8.32. The minimum absolute atomic E-state index is 0.497. The van der Waals surface area contributed by atoms with E-state index in [1.54, 1.807) is 20.3 Å².